The Morgan fingerprint density at radius 2 is 2.45 bits per heavy atom. The number of hydrogen-bond acceptors (Lipinski definition) is 3. The fraction of sp³-hybridized carbons (Fsp3) is 0.462. The summed E-state index contributed by atoms with van der Waals surface area (Å²) in [6.45, 7) is 1.70. The van der Waals surface area contributed by atoms with Crippen LogP contribution in [-0.4, -0.2) is 50.4 Å². The van der Waals surface area contributed by atoms with E-state index in [0.717, 1.165) is 0 Å². The van der Waals surface area contributed by atoms with Gasteiger partial charge in [-0.15, -0.1) is 0 Å². The number of hydrogen-bond donors (Lipinski definition) is 1. The van der Waals surface area contributed by atoms with Crippen molar-refractivity contribution < 1.29 is 18.7 Å². The molecule has 1 atom stereocenters. The van der Waals surface area contributed by atoms with Crippen LogP contribution in [0.2, 0.25) is 5.02 Å². The van der Waals surface area contributed by atoms with E-state index in [4.69, 9.17) is 21.1 Å². The summed E-state index contributed by atoms with van der Waals surface area (Å²) in [5.41, 5.74) is 0.0669. The van der Waals surface area contributed by atoms with Gasteiger partial charge in [0.25, 0.3) is 0 Å². The van der Waals surface area contributed by atoms with Gasteiger partial charge in [-0.05, 0) is 18.2 Å². The zero-order valence-corrected chi connectivity index (χ0v) is 11.8. The van der Waals surface area contributed by atoms with Crippen LogP contribution in [0.25, 0.3) is 0 Å². The number of nitrogens with one attached hydrogen (secondary N) is 1. The lowest BCUT2D eigenvalue weighted by molar-refractivity contribution is -0.0481. The third-order valence-electron chi connectivity index (χ3n) is 2.95. The van der Waals surface area contributed by atoms with Crippen LogP contribution in [0.15, 0.2) is 18.2 Å². The van der Waals surface area contributed by atoms with E-state index in [2.05, 4.69) is 5.32 Å². The highest BCUT2D eigenvalue weighted by Gasteiger charge is 2.24. The Bertz CT molecular complexity index is 485. The molecule has 1 saturated heterocycles. The summed E-state index contributed by atoms with van der Waals surface area (Å²) in [7, 11) is 1.57. The maximum absolute atomic E-state index is 13.6. The monoisotopic (exact) mass is 302 g/mol. The molecule has 0 bridgehead atoms. The third-order valence-corrected chi connectivity index (χ3v) is 3.18. The molecule has 7 heteroatoms. The smallest absolute Gasteiger partial charge is 0.322 e. The number of benzene rings is 1. The lowest BCUT2D eigenvalue weighted by Gasteiger charge is -2.32. The average molecular weight is 303 g/mol. The van der Waals surface area contributed by atoms with Gasteiger partial charge in [-0.3, -0.25) is 0 Å². The van der Waals surface area contributed by atoms with Crippen molar-refractivity contribution in [2.24, 2.45) is 0 Å². The van der Waals surface area contributed by atoms with Gasteiger partial charge in [0.15, 0.2) is 0 Å². The van der Waals surface area contributed by atoms with Gasteiger partial charge < -0.3 is 19.7 Å². The molecule has 1 fully saturated rings. The molecule has 0 radical (unpaired) electrons. The van der Waals surface area contributed by atoms with Crippen LogP contribution in [0.1, 0.15) is 0 Å². The molecular weight excluding hydrogens is 287 g/mol. The molecule has 0 unspecified atom stereocenters. The second kappa shape index (κ2) is 6.88. The molecule has 0 spiro atoms. The molecule has 1 N–H and O–H groups in total. The zero-order chi connectivity index (χ0) is 14.5. The number of morpholine rings is 1. The first-order valence-electron chi connectivity index (χ1n) is 6.21. The van der Waals surface area contributed by atoms with E-state index < -0.39 is 5.82 Å². The Morgan fingerprint density at radius 1 is 1.65 bits per heavy atom. The van der Waals surface area contributed by atoms with Crippen LogP contribution in [0.3, 0.4) is 0 Å². The van der Waals surface area contributed by atoms with Crippen molar-refractivity contribution in [3.8, 4) is 0 Å². The Labute approximate surface area is 121 Å². The molecule has 2 amide bonds. The fourth-order valence-corrected chi connectivity index (χ4v) is 2.15. The predicted octanol–water partition coefficient (Wildman–Crippen LogP) is 2.36. The number of anilines is 1. The SMILES string of the molecule is COC[C@H]1CN(C(=O)Nc2cc(Cl)ccc2F)CCO1. The molecule has 2 rings (SSSR count). The number of methoxy groups -OCH3 is 1. The number of rotatable bonds is 3. The van der Waals surface area contributed by atoms with Crippen molar-refractivity contribution in [1.82, 2.24) is 4.90 Å². The van der Waals surface area contributed by atoms with Crippen molar-refractivity contribution in [2.45, 2.75) is 6.10 Å². The minimum Gasteiger partial charge on any atom is -0.382 e. The van der Waals surface area contributed by atoms with Crippen molar-refractivity contribution in [3.05, 3.63) is 29.0 Å². The highest BCUT2D eigenvalue weighted by molar-refractivity contribution is 6.30. The molecule has 110 valence electrons. The van der Waals surface area contributed by atoms with Gasteiger partial charge in [-0.1, -0.05) is 11.6 Å². The third kappa shape index (κ3) is 3.82. The Balaban J connectivity index is 1.99. The summed E-state index contributed by atoms with van der Waals surface area (Å²) < 4.78 is 24.0. The second-order valence-electron chi connectivity index (χ2n) is 4.45. The molecule has 0 saturated carbocycles. The summed E-state index contributed by atoms with van der Waals surface area (Å²) >= 11 is 5.78. The molecule has 20 heavy (non-hydrogen) atoms. The van der Waals surface area contributed by atoms with Crippen molar-refractivity contribution in [1.29, 1.82) is 0 Å². The first kappa shape index (κ1) is 15.0. The minimum absolute atomic E-state index is 0.0669. The highest BCUT2D eigenvalue weighted by atomic mass is 35.5. The van der Waals surface area contributed by atoms with Gasteiger partial charge in [0.1, 0.15) is 5.82 Å². The Hall–Kier alpha value is -1.37. The van der Waals surface area contributed by atoms with Crippen LogP contribution < -0.4 is 5.32 Å². The Kier molecular flexibility index (Phi) is 5.17. The molecular formula is C13H16ClFN2O3. The van der Waals surface area contributed by atoms with Gasteiger partial charge in [0, 0.05) is 18.7 Å². The molecule has 1 aromatic rings. The summed E-state index contributed by atoms with van der Waals surface area (Å²) in [5.74, 6) is -0.524. The minimum atomic E-state index is -0.524. The van der Waals surface area contributed by atoms with E-state index in [-0.39, 0.29) is 17.8 Å². The lowest BCUT2D eigenvalue weighted by Crippen LogP contribution is -2.48. The normalized spacial score (nSPS) is 18.9. The summed E-state index contributed by atoms with van der Waals surface area (Å²) in [4.78, 5) is 13.7. The lowest BCUT2D eigenvalue weighted by atomic mass is 10.3. The fourth-order valence-electron chi connectivity index (χ4n) is 1.98. The van der Waals surface area contributed by atoms with E-state index in [9.17, 15) is 9.18 Å². The first-order valence-corrected chi connectivity index (χ1v) is 6.59. The molecule has 0 aliphatic carbocycles. The van der Waals surface area contributed by atoms with E-state index in [1.807, 2.05) is 0 Å². The van der Waals surface area contributed by atoms with E-state index in [0.29, 0.717) is 31.3 Å². The van der Waals surface area contributed by atoms with Crippen LogP contribution in [0.4, 0.5) is 14.9 Å². The number of amides is 2. The summed E-state index contributed by atoms with van der Waals surface area (Å²) in [5, 5.41) is 2.88. The quantitative estimate of drug-likeness (QED) is 0.932. The molecule has 1 aliphatic heterocycles. The maximum atomic E-state index is 13.6. The molecule has 1 aliphatic rings. The highest BCUT2D eigenvalue weighted by Crippen LogP contribution is 2.20. The number of halogens is 2. The van der Waals surface area contributed by atoms with Gasteiger partial charge in [0.05, 0.1) is 31.5 Å². The van der Waals surface area contributed by atoms with E-state index >= 15 is 0 Å². The largest absolute Gasteiger partial charge is 0.382 e. The van der Waals surface area contributed by atoms with Gasteiger partial charge in [-0.2, -0.15) is 0 Å². The Morgan fingerprint density at radius 3 is 3.20 bits per heavy atom. The molecule has 0 aromatic heterocycles. The van der Waals surface area contributed by atoms with Crippen molar-refractivity contribution >= 4 is 23.3 Å². The zero-order valence-electron chi connectivity index (χ0n) is 11.1. The topological polar surface area (TPSA) is 50.8 Å². The van der Waals surface area contributed by atoms with Crippen LogP contribution in [-0.2, 0) is 9.47 Å². The van der Waals surface area contributed by atoms with Gasteiger partial charge in [-0.25, -0.2) is 9.18 Å². The van der Waals surface area contributed by atoms with Crippen LogP contribution in [0.5, 0.6) is 0 Å². The van der Waals surface area contributed by atoms with E-state index in [1.165, 1.54) is 18.2 Å². The van der Waals surface area contributed by atoms with E-state index in [1.54, 1.807) is 12.0 Å². The number of nitrogens with zero attached hydrogens (tertiary/aromatic N) is 1. The second-order valence-corrected chi connectivity index (χ2v) is 4.88. The predicted molar refractivity (Wildman–Crippen MR) is 73.6 cm³/mol. The number of urea groups is 1. The summed E-state index contributed by atoms with van der Waals surface area (Å²) in [6.07, 6.45) is -0.163. The maximum Gasteiger partial charge on any atom is 0.322 e. The molecule has 1 aromatic carbocycles. The molecule has 5 nitrogen and oxygen atoms in total. The average Bonchev–Trinajstić information content (AvgIpc) is 2.43. The van der Waals surface area contributed by atoms with Gasteiger partial charge >= 0.3 is 6.03 Å². The number of carbonyl (C=O) groups excluding carboxylic acids is 1. The standard InChI is InChI=1S/C13H16ClFN2O3/c1-19-8-10-7-17(4-5-20-10)13(18)16-12-6-9(14)2-3-11(12)15/h2-3,6,10H,4-5,7-8H2,1H3,(H,16,18)/t10-/m1/s1. The van der Waals surface area contributed by atoms with Crippen LogP contribution >= 0.6 is 11.6 Å². The van der Waals surface area contributed by atoms with Crippen molar-refractivity contribution in [3.63, 3.8) is 0 Å². The molecule has 1 heterocycles. The van der Waals surface area contributed by atoms with Gasteiger partial charge in [0.2, 0.25) is 0 Å². The summed E-state index contributed by atoms with van der Waals surface area (Å²) in [6, 6.07) is 3.64. The number of ether oxygens (including phenoxy) is 2. The van der Waals surface area contributed by atoms with Crippen molar-refractivity contribution in [2.75, 3.05) is 38.7 Å². The number of carbonyl (C=O) groups is 1. The first-order chi connectivity index (χ1) is 9.60. The van der Waals surface area contributed by atoms with Crippen LogP contribution in [0, 0.1) is 5.82 Å².